The predicted molar refractivity (Wildman–Crippen MR) is 50.4 cm³/mol. The van der Waals surface area contributed by atoms with E-state index in [1.807, 2.05) is 14.0 Å². The van der Waals surface area contributed by atoms with Crippen LogP contribution in [-0.2, 0) is 4.79 Å². The highest BCUT2D eigenvalue weighted by molar-refractivity contribution is 6.12. The zero-order chi connectivity index (χ0) is 9.64. The maximum absolute atomic E-state index is 11.8. The first-order valence-corrected chi connectivity index (χ1v) is 4.59. The molecule has 1 fully saturated rings. The van der Waals surface area contributed by atoms with E-state index in [1.165, 1.54) is 5.01 Å². The molecule has 2 aliphatic heterocycles. The molecule has 0 saturated carbocycles. The molecule has 0 radical (unpaired) electrons. The minimum Gasteiger partial charge on any atom is -0.305 e. The molecular weight excluding hydrogens is 166 g/mol. The molecule has 0 spiro atoms. The molecule has 0 bridgehead atoms. The van der Waals surface area contributed by atoms with Gasteiger partial charge in [-0.05, 0) is 14.0 Å². The molecule has 1 saturated heterocycles. The van der Waals surface area contributed by atoms with Crippen molar-refractivity contribution in [1.29, 1.82) is 0 Å². The molecule has 0 aromatic heterocycles. The van der Waals surface area contributed by atoms with E-state index in [1.54, 1.807) is 7.05 Å². The number of piperidine rings is 1. The molecule has 4 heteroatoms. The Morgan fingerprint density at radius 3 is 2.85 bits per heavy atom. The second kappa shape index (κ2) is 2.54. The Morgan fingerprint density at radius 1 is 1.46 bits per heavy atom. The third-order valence-corrected chi connectivity index (χ3v) is 2.99. The summed E-state index contributed by atoms with van der Waals surface area (Å²) in [5, 5.41) is 5.75. The van der Waals surface area contributed by atoms with Crippen LogP contribution in [0.1, 0.15) is 13.3 Å². The number of fused-ring (bicyclic) bond motifs is 1. The van der Waals surface area contributed by atoms with Crippen LogP contribution in [0.15, 0.2) is 5.10 Å². The summed E-state index contributed by atoms with van der Waals surface area (Å²) in [5.74, 6) is 0.133. The van der Waals surface area contributed by atoms with E-state index in [4.69, 9.17) is 0 Å². The van der Waals surface area contributed by atoms with E-state index in [9.17, 15) is 4.79 Å². The topological polar surface area (TPSA) is 35.9 Å². The fourth-order valence-electron chi connectivity index (χ4n) is 2.22. The van der Waals surface area contributed by atoms with Gasteiger partial charge in [0, 0.05) is 26.6 Å². The molecule has 72 valence electrons. The van der Waals surface area contributed by atoms with Crippen LogP contribution in [0.3, 0.4) is 0 Å². The van der Waals surface area contributed by atoms with Crippen molar-refractivity contribution in [2.75, 3.05) is 27.2 Å². The smallest absolute Gasteiger partial charge is 0.255 e. The molecule has 2 heterocycles. The minimum atomic E-state index is -0.345. The van der Waals surface area contributed by atoms with Crippen LogP contribution in [0.25, 0.3) is 0 Å². The summed E-state index contributed by atoms with van der Waals surface area (Å²) in [7, 11) is 3.78. The van der Waals surface area contributed by atoms with Gasteiger partial charge in [-0.25, -0.2) is 5.01 Å². The largest absolute Gasteiger partial charge is 0.305 e. The van der Waals surface area contributed by atoms with E-state index in [-0.39, 0.29) is 11.3 Å². The van der Waals surface area contributed by atoms with Crippen LogP contribution in [0, 0.1) is 5.41 Å². The Hall–Kier alpha value is -0.900. The number of carbonyl (C=O) groups excluding carboxylic acids is 1. The van der Waals surface area contributed by atoms with Crippen LogP contribution in [0.4, 0.5) is 0 Å². The molecule has 0 unspecified atom stereocenters. The third-order valence-electron chi connectivity index (χ3n) is 2.99. The number of likely N-dealkylation sites (tertiary alicyclic amines) is 1. The summed E-state index contributed by atoms with van der Waals surface area (Å²) in [5.41, 5.74) is 0.708. The summed E-state index contributed by atoms with van der Waals surface area (Å²) in [6.45, 7) is 3.80. The molecule has 0 aromatic rings. The highest BCUT2D eigenvalue weighted by Crippen LogP contribution is 2.33. The minimum absolute atomic E-state index is 0.133. The van der Waals surface area contributed by atoms with Crippen molar-refractivity contribution < 1.29 is 4.79 Å². The Bertz CT molecular complexity index is 287. The van der Waals surface area contributed by atoms with Gasteiger partial charge in [-0.15, -0.1) is 0 Å². The maximum Gasteiger partial charge on any atom is 0.255 e. The van der Waals surface area contributed by atoms with E-state index >= 15 is 0 Å². The fraction of sp³-hybridized carbons (Fsp3) is 0.778. The average Bonchev–Trinajstić information content (AvgIpc) is 2.27. The van der Waals surface area contributed by atoms with Gasteiger partial charge < -0.3 is 4.90 Å². The summed E-state index contributed by atoms with van der Waals surface area (Å²) >= 11 is 0. The van der Waals surface area contributed by atoms with Crippen molar-refractivity contribution in [3.05, 3.63) is 0 Å². The molecule has 0 N–H and O–H groups in total. The quantitative estimate of drug-likeness (QED) is 0.533. The summed E-state index contributed by atoms with van der Waals surface area (Å²) < 4.78 is 0. The number of nitrogens with zero attached hydrogens (tertiary/aromatic N) is 3. The van der Waals surface area contributed by atoms with Gasteiger partial charge in [0.2, 0.25) is 0 Å². The van der Waals surface area contributed by atoms with Gasteiger partial charge in [-0.3, -0.25) is 4.79 Å². The zero-order valence-corrected chi connectivity index (χ0v) is 8.37. The van der Waals surface area contributed by atoms with Crippen molar-refractivity contribution >= 4 is 11.6 Å². The second-order valence-electron chi connectivity index (χ2n) is 4.20. The van der Waals surface area contributed by atoms with Gasteiger partial charge in [0.15, 0.2) is 0 Å². The van der Waals surface area contributed by atoms with Crippen molar-refractivity contribution in [3.8, 4) is 0 Å². The summed E-state index contributed by atoms with van der Waals surface area (Å²) in [6, 6.07) is 0. The molecular formula is C9H15N3O. The standard InChI is InChI=1S/C9H15N3O/c1-9-6-11(2)5-4-7(9)10-12(3)8(9)13/h4-6H2,1-3H3/t9-/m0/s1. The molecule has 4 nitrogen and oxygen atoms in total. The molecule has 2 rings (SSSR count). The number of rotatable bonds is 0. The fourth-order valence-corrected chi connectivity index (χ4v) is 2.22. The number of carbonyl (C=O) groups is 1. The van der Waals surface area contributed by atoms with Crippen LogP contribution < -0.4 is 0 Å². The van der Waals surface area contributed by atoms with Crippen LogP contribution in [-0.4, -0.2) is 48.7 Å². The lowest BCUT2D eigenvalue weighted by atomic mass is 9.80. The highest BCUT2D eigenvalue weighted by atomic mass is 16.2. The molecule has 1 atom stereocenters. The van der Waals surface area contributed by atoms with Crippen molar-refractivity contribution in [2.24, 2.45) is 10.5 Å². The number of hydrogen-bond acceptors (Lipinski definition) is 3. The van der Waals surface area contributed by atoms with E-state index in [2.05, 4.69) is 10.0 Å². The third kappa shape index (κ3) is 1.09. The summed E-state index contributed by atoms with van der Waals surface area (Å²) in [6.07, 6.45) is 0.920. The highest BCUT2D eigenvalue weighted by Gasteiger charge is 2.48. The van der Waals surface area contributed by atoms with Crippen LogP contribution in [0.5, 0.6) is 0 Å². The Morgan fingerprint density at radius 2 is 2.15 bits per heavy atom. The van der Waals surface area contributed by atoms with Gasteiger partial charge in [-0.2, -0.15) is 5.10 Å². The molecule has 2 aliphatic rings. The molecule has 13 heavy (non-hydrogen) atoms. The van der Waals surface area contributed by atoms with Gasteiger partial charge in [0.1, 0.15) is 5.41 Å². The average molecular weight is 181 g/mol. The van der Waals surface area contributed by atoms with Gasteiger partial charge in [0.05, 0.1) is 5.71 Å². The Balaban J connectivity index is 2.33. The van der Waals surface area contributed by atoms with E-state index in [0.29, 0.717) is 0 Å². The van der Waals surface area contributed by atoms with Gasteiger partial charge >= 0.3 is 0 Å². The molecule has 0 aliphatic carbocycles. The first-order valence-electron chi connectivity index (χ1n) is 4.59. The molecule has 0 aromatic carbocycles. The summed E-state index contributed by atoms with van der Waals surface area (Å²) in [4.78, 5) is 14.0. The van der Waals surface area contributed by atoms with E-state index < -0.39 is 0 Å². The normalized spacial score (nSPS) is 34.8. The Labute approximate surface area is 78.2 Å². The predicted octanol–water partition coefficient (Wildman–Crippen LogP) is 0.156. The lowest BCUT2D eigenvalue weighted by Crippen LogP contribution is -2.49. The lowest BCUT2D eigenvalue weighted by molar-refractivity contribution is -0.135. The first-order chi connectivity index (χ1) is 6.04. The van der Waals surface area contributed by atoms with Crippen LogP contribution in [0.2, 0.25) is 0 Å². The van der Waals surface area contributed by atoms with Crippen molar-refractivity contribution in [1.82, 2.24) is 9.91 Å². The van der Waals surface area contributed by atoms with Crippen LogP contribution >= 0.6 is 0 Å². The number of hydrazone groups is 1. The zero-order valence-electron chi connectivity index (χ0n) is 8.37. The van der Waals surface area contributed by atoms with Crippen molar-refractivity contribution in [3.63, 3.8) is 0 Å². The maximum atomic E-state index is 11.8. The van der Waals surface area contributed by atoms with Gasteiger partial charge in [0.25, 0.3) is 5.91 Å². The van der Waals surface area contributed by atoms with Gasteiger partial charge in [-0.1, -0.05) is 0 Å². The lowest BCUT2D eigenvalue weighted by Gasteiger charge is -2.34. The second-order valence-corrected chi connectivity index (χ2v) is 4.20. The SMILES string of the molecule is CN1CCC2=NN(C)C(=O)[C@@]2(C)C1. The monoisotopic (exact) mass is 181 g/mol. The molecule has 1 amide bonds. The Kier molecular flexibility index (Phi) is 1.70. The van der Waals surface area contributed by atoms with E-state index in [0.717, 1.165) is 25.2 Å². The number of hydrogen-bond donors (Lipinski definition) is 0. The number of amides is 1. The van der Waals surface area contributed by atoms with Crippen molar-refractivity contribution in [2.45, 2.75) is 13.3 Å². The first kappa shape index (κ1) is 8.69.